The quantitative estimate of drug-likeness (QED) is 0.912. The van der Waals surface area contributed by atoms with Crippen molar-refractivity contribution in [1.82, 2.24) is 0 Å². The molecule has 0 spiro atoms. The Labute approximate surface area is 117 Å². The molecule has 0 saturated heterocycles. The summed E-state index contributed by atoms with van der Waals surface area (Å²) in [4.78, 5) is 0. The summed E-state index contributed by atoms with van der Waals surface area (Å²) >= 11 is 0. The third kappa shape index (κ3) is 2.12. The molecule has 0 fully saturated rings. The lowest BCUT2D eigenvalue weighted by Gasteiger charge is -2.29. The first-order valence-electron chi connectivity index (χ1n) is 6.87. The second-order valence-electron chi connectivity index (χ2n) is 5.55. The van der Waals surface area contributed by atoms with Gasteiger partial charge in [-0.25, -0.2) is 8.78 Å². The topological polar surface area (TPSA) is 26.0 Å². The number of fused-ring (bicyclic) bond motifs is 1. The fourth-order valence-corrected chi connectivity index (χ4v) is 3.28. The van der Waals surface area contributed by atoms with Gasteiger partial charge in [0.15, 0.2) is 0 Å². The Morgan fingerprint density at radius 1 is 1.10 bits per heavy atom. The highest BCUT2D eigenvalue weighted by molar-refractivity contribution is 5.41. The van der Waals surface area contributed by atoms with E-state index in [1.54, 1.807) is 0 Å². The molecule has 2 aromatic carbocycles. The van der Waals surface area contributed by atoms with Gasteiger partial charge in [0, 0.05) is 12.0 Å². The minimum Gasteiger partial charge on any atom is -0.330 e. The highest BCUT2D eigenvalue weighted by Crippen LogP contribution is 2.41. The van der Waals surface area contributed by atoms with E-state index in [1.165, 1.54) is 23.3 Å². The van der Waals surface area contributed by atoms with Gasteiger partial charge in [0.05, 0.1) is 0 Å². The fourth-order valence-electron chi connectivity index (χ4n) is 3.28. The largest absolute Gasteiger partial charge is 0.330 e. The second-order valence-corrected chi connectivity index (χ2v) is 5.55. The summed E-state index contributed by atoms with van der Waals surface area (Å²) < 4.78 is 27.2. The summed E-state index contributed by atoms with van der Waals surface area (Å²) in [6, 6.07) is 11.8. The van der Waals surface area contributed by atoms with Crippen LogP contribution >= 0.6 is 0 Å². The van der Waals surface area contributed by atoms with Gasteiger partial charge < -0.3 is 5.73 Å². The SMILES string of the molecule is NCC1(Cc2cc(F)ccc2F)CCc2ccccc21. The van der Waals surface area contributed by atoms with Gasteiger partial charge in [-0.3, -0.25) is 0 Å². The number of hydrogen-bond acceptors (Lipinski definition) is 1. The highest BCUT2D eigenvalue weighted by atomic mass is 19.1. The lowest BCUT2D eigenvalue weighted by atomic mass is 9.76. The van der Waals surface area contributed by atoms with E-state index in [9.17, 15) is 8.78 Å². The molecule has 1 atom stereocenters. The summed E-state index contributed by atoms with van der Waals surface area (Å²) in [5.74, 6) is -0.761. The number of hydrogen-bond donors (Lipinski definition) is 1. The molecular formula is C17H17F2N. The maximum Gasteiger partial charge on any atom is 0.126 e. The van der Waals surface area contributed by atoms with E-state index in [4.69, 9.17) is 5.73 Å². The van der Waals surface area contributed by atoms with Crippen molar-refractivity contribution in [3.63, 3.8) is 0 Å². The van der Waals surface area contributed by atoms with E-state index < -0.39 is 5.82 Å². The zero-order chi connectivity index (χ0) is 14.2. The first-order valence-corrected chi connectivity index (χ1v) is 6.87. The van der Waals surface area contributed by atoms with Crippen LogP contribution in [0.4, 0.5) is 8.78 Å². The van der Waals surface area contributed by atoms with Crippen LogP contribution in [0.1, 0.15) is 23.1 Å². The highest BCUT2D eigenvalue weighted by Gasteiger charge is 2.37. The molecule has 0 bridgehead atoms. The van der Waals surface area contributed by atoms with Gasteiger partial charge in [0.2, 0.25) is 0 Å². The zero-order valence-electron chi connectivity index (χ0n) is 11.2. The van der Waals surface area contributed by atoms with Crippen molar-refractivity contribution < 1.29 is 8.78 Å². The number of halogens is 2. The van der Waals surface area contributed by atoms with E-state index in [2.05, 4.69) is 12.1 Å². The van der Waals surface area contributed by atoms with Crippen LogP contribution in [0.3, 0.4) is 0 Å². The maximum atomic E-state index is 13.9. The minimum atomic E-state index is -0.403. The normalized spacial score (nSPS) is 20.9. The third-order valence-electron chi connectivity index (χ3n) is 4.39. The summed E-state index contributed by atoms with van der Waals surface area (Å²) in [6.45, 7) is 0.444. The summed E-state index contributed by atoms with van der Waals surface area (Å²) in [7, 11) is 0. The van der Waals surface area contributed by atoms with E-state index in [0.717, 1.165) is 18.9 Å². The Kier molecular flexibility index (Phi) is 3.30. The van der Waals surface area contributed by atoms with E-state index in [0.29, 0.717) is 18.5 Å². The van der Waals surface area contributed by atoms with Crippen LogP contribution in [0.15, 0.2) is 42.5 Å². The van der Waals surface area contributed by atoms with Crippen LogP contribution in [0, 0.1) is 11.6 Å². The third-order valence-corrected chi connectivity index (χ3v) is 4.39. The van der Waals surface area contributed by atoms with E-state index >= 15 is 0 Å². The lowest BCUT2D eigenvalue weighted by Crippen LogP contribution is -2.35. The van der Waals surface area contributed by atoms with Crippen molar-refractivity contribution in [2.24, 2.45) is 5.73 Å². The maximum absolute atomic E-state index is 13.9. The van der Waals surface area contributed by atoms with Gasteiger partial charge >= 0.3 is 0 Å². The molecule has 0 heterocycles. The van der Waals surface area contributed by atoms with Crippen LogP contribution in [0.25, 0.3) is 0 Å². The van der Waals surface area contributed by atoms with Gasteiger partial charge in [-0.1, -0.05) is 24.3 Å². The van der Waals surface area contributed by atoms with E-state index in [-0.39, 0.29) is 11.2 Å². The average Bonchev–Trinajstić information content (AvgIpc) is 2.83. The molecule has 0 radical (unpaired) electrons. The Bertz CT molecular complexity index is 639. The molecule has 104 valence electrons. The molecule has 0 amide bonds. The Balaban J connectivity index is 2.02. The molecule has 2 N–H and O–H groups in total. The average molecular weight is 273 g/mol. The fraction of sp³-hybridized carbons (Fsp3) is 0.294. The van der Waals surface area contributed by atoms with Crippen LogP contribution in [0.2, 0.25) is 0 Å². The predicted molar refractivity (Wildman–Crippen MR) is 75.6 cm³/mol. The van der Waals surface area contributed by atoms with Crippen molar-refractivity contribution >= 4 is 0 Å². The minimum absolute atomic E-state index is 0.273. The molecule has 3 heteroatoms. The van der Waals surface area contributed by atoms with Crippen LogP contribution in [-0.2, 0) is 18.3 Å². The van der Waals surface area contributed by atoms with Crippen LogP contribution in [-0.4, -0.2) is 6.54 Å². The first-order chi connectivity index (χ1) is 9.64. The zero-order valence-corrected chi connectivity index (χ0v) is 11.2. The Morgan fingerprint density at radius 3 is 2.70 bits per heavy atom. The molecule has 1 nitrogen and oxygen atoms in total. The van der Waals surface area contributed by atoms with Gasteiger partial charge in [-0.2, -0.15) is 0 Å². The molecule has 1 aliphatic carbocycles. The second kappa shape index (κ2) is 4.98. The molecular weight excluding hydrogens is 256 g/mol. The number of aryl methyl sites for hydroxylation is 1. The van der Waals surface area contributed by atoms with Crippen molar-refractivity contribution in [2.75, 3.05) is 6.54 Å². The smallest absolute Gasteiger partial charge is 0.126 e. The molecule has 2 aromatic rings. The molecule has 1 aliphatic rings. The number of rotatable bonds is 3. The number of benzene rings is 2. The lowest BCUT2D eigenvalue weighted by molar-refractivity contribution is 0.421. The molecule has 1 unspecified atom stereocenters. The van der Waals surface area contributed by atoms with Crippen molar-refractivity contribution in [3.8, 4) is 0 Å². The standard InChI is InChI=1S/C17H17F2N/c18-14-5-6-16(19)13(9-14)10-17(11-20)8-7-12-3-1-2-4-15(12)17/h1-6,9H,7-8,10-11,20H2. The van der Waals surface area contributed by atoms with Gasteiger partial charge in [0.25, 0.3) is 0 Å². The molecule has 20 heavy (non-hydrogen) atoms. The molecule has 0 aliphatic heterocycles. The Hall–Kier alpha value is -1.74. The van der Waals surface area contributed by atoms with Crippen LogP contribution in [0.5, 0.6) is 0 Å². The number of nitrogens with two attached hydrogens (primary N) is 1. The van der Waals surface area contributed by atoms with Crippen molar-refractivity contribution in [2.45, 2.75) is 24.7 Å². The first kappa shape index (κ1) is 13.3. The molecule has 0 saturated carbocycles. The van der Waals surface area contributed by atoms with E-state index in [1.807, 2.05) is 12.1 Å². The van der Waals surface area contributed by atoms with Gasteiger partial charge in [0.1, 0.15) is 11.6 Å². The molecule has 0 aromatic heterocycles. The summed E-state index contributed by atoms with van der Waals surface area (Å²) in [5.41, 5.74) is 8.60. The predicted octanol–water partition coefficient (Wildman–Crippen LogP) is 3.35. The molecule has 3 rings (SSSR count). The monoisotopic (exact) mass is 273 g/mol. The van der Waals surface area contributed by atoms with Crippen molar-refractivity contribution in [3.05, 3.63) is 70.8 Å². The summed E-state index contributed by atoms with van der Waals surface area (Å²) in [6.07, 6.45) is 2.28. The van der Waals surface area contributed by atoms with Gasteiger partial charge in [-0.05, 0) is 54.2 Å². The summed E-state index contributed by atoms with van der Waals surface area (Å²) in [5, 5.41) is 0. The van der Waals surface area contributed by atoms with Crippen LogP contribution < -0.4 is 5.73 Å². The van der Waals surface area contributed by atoms with Gasteiger partial charge in [-0.15, -0.1) is 0 Å². The Morgan fingerprint density at radius 2 is 1.90 bits per heavy atom. The van der Waals surface area contributed by atoms with Crippen molar-refractivity contribution in [1.29, 1.82) is 0 Å².